The van der Waals surface area contributed by atoms with Crippen molar-refractivity contribution in [3.05, 3.63) is 29.8 Å². The van der Waals surface area contributed by atoms with Gasteiger partial charge in [-0.15, -0.1) is 0 Å². The van der Waals surface area contributed by atoms with Crippen LogP contribution in [0.25, 0.3) is 0 Å². The molecule has 0 saturated carbocycles. The van der Waals surface area contributed by atoms with Gasteiger partial charge in [-0.1, -0.05) is 12.1 Å². The Hall–Kier alpha value is 0.312. The van der Waals surface area contributed by atoms with Crippen LogP contribution in [0, 0.1) is 0 Å². The molecule has 1 aromatic rings. The summed E-state index contributed by atoms with van der Waals surface area (Å²) < 4.78 is 32.8. The van der Waals surface area contributed by atoms with Gasteiger partial charge in [0.1, 0.15) is 5.75 Å². The second-order valence-electron chi connectivity index (χ2n) is 6.31. The van der Waals surface area contributed by atoms with Crippen molar-refractivity contribution in [2.75, 3.05) is 40.1 Å². The molecule has 28 heavy (non-hydrogen) atoms. The normalized spacial score (nSPS) is 22.6. The molecule has 2 rings (SSSR count). The second kappa shape index (κ2) is 12.9. The zero-order chi connectivity index (χ0) is 20.4. The fourth-order valence-corrected chi connectivity index (χ4v) is 4.91. The van der Waals surface area contributed by atoms with Gasteiger partial charge in [0.15, 0.2) is 6.29 Å². The van der Waals surface area contributed by atoms with Crippen LogP contribution in [0.2, 0.25) is 0 Å². The molecule has 1 aromatic carbocycles. The molecule has 4 atom stereocenters. The Morgan fingerprint density at radius 3 is 2.75 bits per heavy atom. The summed E-state index contributed by atoms with van der Waals surface area (Å²) in [5.41, 5.74) is 0.934. The summed E-state index contributed by atoms with van der Waals surface area (Å²) >= 11 is 5.63. The molecule has 1 aliphatic heterocycles. The van der Waals surface area contributed by atoms with Gasteiger partial charge < -0.3 is 14.2 Å². The molecular formula is C17H27NO7PSTl. The largest absolute Gasteiger partial charge is 0.340 e. The SMILES string of the molecule is COc1ccc(C2OCC(COCCOP(O)(=S)NC(C)CC[O][Tl])O2)cc1. The fraction of sp³-hybridized carbons (Fsp3) is 0.647. The molecule has 0 aliphatic carbocycles. The van der Waals surface area contributed by atoms with E-state index in [0.717, 1.165) is 17.7 Å². The van der Waals surface area contributed by atoms with Crippen LogP contribution in [0.15, 0.2) is 24.3 Å². The zero-order valence-corrected chi connectivity index (χ0v) is 22.3. The Morgan fingerprint density at radius 1 is 1.32 bits per heavy atom. The molecule has 0 radical (unpaired) electrons. The molecule has 11 heteroatoms. The average Bonchev–Trinajstić information content (AvgIpc) is 3.14. The van der Waals surface area contributed by atoms with Gasteiger partial charge in [0, 0.05) is 5.56 Å². The van der Waals surface area contributed by atoms with Crippen molar-refractivity contribution >= 4 is 44.7 Å². The Morgan fingerprint density at radius 2 is 2.07 bits per heavy atom. The Balaban J connectivity index is 1.60. The van der Waals surface area contributed by atoms with Crippen molar-refractivity contribution in [1.29, 1.82) is 0 Å². The van der Waals surface area contributed by atoms with E-state index in [0.29, 0.717) is 52.6 Å². The van der Waals surface area contributed by atoms with Gasteiger partial charge in [0.05, 0.1) is 13.7 Å². The molecule has 0 spiro atoms. The van der Waals surface area contributed by atoms with Gasteiger partial charge in [0.2, 0.25) is 0 Å². The Bertz CT molecular complexity index is 624. The van der Waals surface area contributed by atoms with Crippen molar-refractivity contribution in [2.45, 2.75) is 31.8 Å². The molecule has 1 aliphatic rings. The van der Waals surface area contributed by atoms with Gasteiger partial charge in [0.25, 0.3) is 0 Å². The van der Waals surface area contributed by atoms with Crippen LogP contribution in [0.5, 0.6) is 5.75 Å². The maximum absolute atomic E-state index is 10.1. The van der Waals surface area contributed by atoms with Crippen LogP contribution in [0.1, 0.15) is 25.2 Å². The number of hydrogen-bond acceptors (Lipinski definition) is 7. The minimum Gasteiger partial charge on any atom is -0.340 e. The van der Waals surface area contributed by atoms with Gasteiger partial charge in [-0.2, -0.15) is 0 Å². The monoisotopic (exact) mass is 625 g/mol. The van der Waals surface area contributed by atoms with E-state index in [1.807, 2.05) is 31.2 Å². The summed E-state index contributed by atoms with van der Waals surface area (Å²) in [6.45, 7) is 0.951. The maximum Gasteiger partial charge on any atom is -0.0195 e. The van der Waals surface area contributed by atoms with Crippen molar-refractivity contribution in [3.8, 4) is 5.75 Å². The van der Waals surface area contributed by atoms with Gasteiger partial charge >= 0.3 is 119 Å². The zero-order valence-electron chi connectivity index (χ0n) is 16.1. The van der Waals surface area contributed by atoms with Gasteiger partial charge in [-0.3, -0.25) is 0 Å². The molecule has 4 unspecified atom stereocenters. The van der Waals surface area contributed by atoms with E-state index >= 15 is 0 Å². The first-order valence-electron chi connectivity index (χ1n) is 8.99. The van der Waals surface area contributed by atoms with Gasteiger partial charge in [-0.25, -0.2) is 0 Å². The van der Waals surface area contributed by atoms with E-state index in [1.54, 1.807) is 7.11 Å². The Kier molecular flexibility index (Phi) is 11.3. The van der Waals surface area contributed by atoms with E-state index in [4.69, 9.17) is 38.0 Å². The van der Waals surface area contributed by atoms with Crippen molar-refractivity contribution in [3.63, 3.8) is 0 Å². The minimum atomic E-state index is -3.02. The molecule has 156 valence electrons. The molecule has 0 bridgehead atoms. The topological polar surface area (TPSA) is 87.6 Å². The summed E-state index contributed by atoms with van der Waals surface area (Å²) in [4.78, 5) is 10.1. The van der Waals surface area contributed by atoms with Crippen molar-refractivity contribution in [1.82, 2.24) is 5.09 Å². The van der Waals surface area contributed by atoms with Crippen LogP contribution in [0.3, 0.4) is 0 Å². The molecule has 1 saturated heterocycles. The quantitative estimate of drug-likeness (QED) is 0.194. The smallest absolute Gasteiger partial charge is 0.0195 e. The van der Waals surface area contributed by atoms with Crippen LogP contribution in [-0.4, -0.2) is 83.4 Å². The van der Waals surface area contributed by atoms with E-state index in [1.165, 1.54) is 0 Å². The minimum absolute atomic E-state index is 0.0365. The summed E-state index contributed by atoms with van der Waals surface area (Å²) in [5, 5.41) is 2.94. The predicted octanol–water partition coefficient (Wildman–Crippen LogP) is 1.83. The number of hydrogen-bond donors (Lipinski definition) is 2. The first-order valence-corrected chi connectivity index (χ1v) is 13.5. The number of rotatable bonds is 13. The molecule has 0 amide bonds. The molecule has 0 aromatic heterocycles. The molecule has 8 nitrogen and oxygen atoms in total. The van der Waals surface area contributed by atoms with Crippen molar-refractivity contribution in [2.24, 2.45) is 0 Å². The van der Waals surface area contributed by atoms with Crippen LogP contribution < -0.4 is 9.82 Å². The van der Waals surface area contributed by atoms with E-state index in [9.17, 15) is 4.89 Å². The molecule has 2 N–H and O–H groups in total. The molecule has 1 heterocycles. The standard InChI is InChI=1S/C17H27NO7PS.Tl/c1-13(7-8-19)18-26(20,27)24-10-9-22-11-16-12-23-17(25-16)14-3-5-15(21-2)6-4-14;/h3-6,13,16-17H,7-12H2,1-2H3,(H2,18,20,27);/q-1;+1. The van der Waals surface area contributed by atoms with E-state index in [2.05, 4.69) is 5.09 Å². The maximum atomic E-state index is 10.1. The van der Waals surface area contributed by atoms with Crippen LogP contribution in [-0.2, 0) is 33.2 Å². The third kappa shape index (κ3) is 8.99. The van der Waals surface area contributed by atoms with Gasteiger partial charge in [-0.05, 0) is 12.1 Å². The van der Waals surface area contributed by atoms with Crippen molar-refractivity contribution < 1.29 is 31.1 Å². The molecular weight excluding hydrogens is 598 g/mol. The molecule has 1 fully saturated rings. The number of ether oxygens (including phenoxy) is 4. The number of nitrogens with one attached hydrogen (secondary N) is 1. The fourth-order valence-electron chi connectivity index (χ4n) is 2.53. The predicted molar refractivity (Wildman–Crippen MR) is 109 cm³/mol. The third-order valence-corrected chi connectivity index (χ3v) is 6.84. The van der Waals surface area contributed by atoms with E-state index in [-0.39, 0.29) is 18.8 Å². The third-order valence-electron chi connectivity index (χ3n) is 3.99. The number of benzene rings is 1. The Labute approximate surface area is 187 Å². The van der Waals surface area contributed by atoms with Crippen LogP contribution >= 0.6 is 6.64 Å². The summed E-state index contributed by atoms with van der Waals surface area (Å²) in [7, 11) is 1.63. The number of methoxy groups -OCH3 is 1. The first-order chi connectivity index (χ1) is 13.4. The second-order valence-corrected chi connectivity index (χ2v) is 10.7. The average molecular weight is 625 g/mol. The van der Waals surface area contributed by atoms with E-state index < -0.39 is 12.9 Å². The summed E-state index contributed by atoms with van der Waals surface area (Å²) in [6.07, 6.45) is 0.227. The van der Waals surface area contributed by atoms with Crippen LogP contribution in [0.4, 0.5) is 0 Å². The summed E-state index contributed by atoms with van der Waals surface area (Å²) in [5.74, 6) is 0.788. The first kappa shape index (κ1) is 24.6. The summed E-state index contributed by atoms with van der Waals surface area (Å²) in [6, 6.07) is 7.60.